The summed E-state index contributed by atoms with van der Waals surface area (Å²) in [7, 11) is 0. The second kappa shape index (κ2) is 6.84. The summed E-state index contributed by atoms with van der Waals surface area (Å²) in [6.45, 7) is 4.23. The average molecular weight is 358 g/mol. The Morgan fingerprint density at radius 1 is 1.12 bits per heavy atom. The van der Waals surface area contributed by atoms with Crippen molar-refractivity contribution in [1.82, 2.24) is 5.32 Å². The number of halogens is 1. The lowest BCUT2D eigenvalue weighted by Gasteiger charge is -2.41. The number of para-hydroxylation sites is 1. The molecular weight excluding hydrogens is 338 g/mol. The second-order valence-corrected chi connectivity index (χ2v) is 6.72. The highest BCUT2D eigenvalue weighted by Crippen LogP contribution is 2.42. The number of anilines is 2. The van der Waals surface area contributed by atoms with E-state index in [1.165, 1.54) is 0 Å². The lowest BCUT2D eigenvalue weighted by atomic mass is 10.1. The summed E-state index contributed by atoms with van der Waals surface area (Å²) in [5, 5.41) is 3.68. The summed E-state index contributed by atoms with van der Waals surface area (Å²) in [4.78, 5) is 16.9. The van der Waals surface area contributed by atoms with Crippen LogP contribution in [0.15, 0.2) is 42.5 Å². The van der Waals surface area contributed by atoms with E-state index < -0.39 is 0 Å². The van der Waals surface area contributed by atoms with Gasteiger partial charge in [-0.05, 0) is 29.8 Å². The molecular formula is C19H20ClN3O2. The van der Waals surface area contributed by atoms with Crippen LogP contribution in [-0.2, 0) is 11.3 Å². The minimum absolute atomic E-state index is 0.0118. The fourth-order valence-corrected chi connectivity index (χ4v) is 3.49. The fourth-order valence-electron chi connectivity index (χ4n) is 3.36. The second-order valence-electron chi connectivity index (χ2n) is 6.28. The van der Waals surface area contributed by atoms with Gasteiger partial charge in [0, 0.05) is 24.7 Å². The normalized spacial score (nSPS) is 15.4. The maximum absolute atomic E-state index is 12.4. The molecule has 0 atom stereocenters. The Hall–Kier alpha value is -2.40. The molecule has 0 aromatic heterocycles. The maximum Gasteiger partial charge on any atom is 0.239 e. The molecule has 2 aromatic carbocycles. The third kappa shape index (κ3) is 3.37. The zero-order valence-electron chi connectivity index (χ0n) is 13.9. The Morgan fingerprint density at radius 2 is 1.96 bits per heavy atom. The molecule has 0 bridgehead atoms. The van der Waals surface area contributed by atoms with E-state index in [-0.39, 0.29) is 5.91 Å². The number of benzene rings is 2. The van der Waals surface area contributed by atoms with Crippen LogP contribution >= 0.6 is 11.6 Å². The molecule has 0 saturated carbocycles. The average Bonchev–Trinajstić information content (AvgIpc) is 2.64. The fraction of sp³-hybridized carbons (Fsp3) is 0.316. The van der Waals surface area contributed by atoms with Crippen molar-refractivity contribution in [3.8, 4) is 5.75 Å². The highest BCUT2D eigenvalue weighted by molar-refractivity contribution is 6.30. The standard InChI is InChI=1S/C19H20ClN3O2/c20-15-6-4-14(5-7-15)12-21-18(24)13-23-9-8-22-10-11-25-17-3-1-2-16(23)19(17)22/h1-7H,8-13H2,(H,21,24). The first kappa shape index (κ1) is 16.1. The lowest BCUT2D eigenvalue weighted by Crippen LogP contribution is -2.47. The van der Waals surface area contributed by atoms with Crippen molar-refractivity contribution in [1.29, 1.82) is 0 Å². The summed E-state index contributed by atoms with van der Waals surface area (Å²) in [6, 6.07) is 13.6. The van der Waals surface area contributed by atoms with Crippen LogP contribution in [0.25, 0.3) is 0 Å². The van der Waals surface area contributed by atoms with Crippen molar-refractivity contribution in [2.45, 2.75) is 6.54 Å². The summed E-state index contributed by atoms with van der Waals surface area (Å²) in [6.07, 6.45) is 0. The molecule has 1 amide bonds. The number of rotatable bonds is 4. The van der Waals surface area contributed by atoms with Crippen LogP contribution in [0.2, 0.25) is 5.02 Å². The molecule has 2 heterocycles. The van der Waals surface area contributed by atoms with Gasteiger partial charge in [0.1, 0.15) is 18.0 Å². The summed E-state index contributed by atoms with van der Waals surface area (Å²) in [5.74, 6) is 0.924. The highest BCUT2D eigenvalue weighted by Gasteiger charge is 2.29. The Bertz CT molecular complexity index is 779. The predicted octanol–water partition coefficient (Wildman–Crippen LogP) is 2.68. The van der Waals surface area contributed by atoms with Gasteiger partial charge < -0.3 is 19.9 Å². The minimum atomic E-state index is 0.0118. The van der Waals surface area contributed by atoms with Gasteiger partial charge >= 0.3 is 0 Å². The van der Waals surface area contributed by atoms with E-state index in [9.17, 15) is 4.79 Å². The highest BCUT2D eigenvalue weighted by atomic mass is 35.5. The molecule has 0 unspecified atom stereocenters. The van der Waals surface area contributed by atoms with Crippen molar-refractivity contribution in [2.75, 3.05) is 42.6 Å². The van der Waals surface area contributed by atoms with Crippen LogP contribution in [0.3, 0.4) is 0 Å². The van der Waals surface area contributed by atoms with Crippen LogP contribution in [-0.4, -0.2) is 38.7 Å². The van der Waals surface area contributed by atoms with Crippen molar-refractivity contribution >= 4 is 28.9 Å². The molecule has 0 radical (unpaired) electrons. The van der Waals surface area contributed by atoms with Crippen LogP contribution in [0.5, 0.6) is 5.75 Å². The van der Waals surface area contributed by atoms with Gasteiger partial charge in [-0.3, -0.25) is 4.79 Å². The zero-order chi connectivity index (χ0) is 17.2. The minimum Gasteiger partial charge on any atom is -0.489 e. The van der Waals surface area contributed by atoms with E-state index in [0.717, 1.165) is 48.9 Å². The van der Waals surface area contributed by atoms with E-state index in [4.69, 9.17) is 16.3 Å². The van der Waals surface area contributed by atoms with E-state index in [2.05, 4.69) is 21.2 Å². The van der Waals surface area contributed by atoms with Crippen LogP contribution in [0, 0.1) is 0 Å². The first-order valence-corrected chi connectivity index (χ1v) is 8.85. The predicted molar refractivity (Wildman–Crippen MR) is 99.7 cm³/mol. The molecule has 1 N–H and O–H groups in total. The van der Waals surface area contributed by atoms with Gasteiger partial charge in [0.05, 0.1) is 18.8 Å². The smallest absolute Gasteiger partial charge is 0.239 e. The largest absolute Gasteiger partial charge is 0.489 e. The van der Waals surface area contributed by atoms with Gasteiger partial charge in [-0.2, -0.15) is 0 Å². The Labute approximate surface area is 152 Å². The molecule has 6 heteroatoms. The third-order valence-corrected chi connectivity index (χ3v) is 4.88. The number of carbonyl (C=O) groups is 1. The zero-order valence-corrected chi connectivity index (χ0v) is 14.6. The van der Waals surface area contributed by atoms with Crippen molar-refractivity contribution in [3.63, 3.8) is 0 Å². The SMILES string of the molecule is O=C(CN1CCN2CCOc3cccc1c32)NCc1ccc(Cl)cc1. The number of hydrogen-bond acceptors (Lipinski definition) is 4. The Morgan fingerprint density at radius 3 is 2.80 bits per heavy atom. The van der Waals surface area contributed by atoms with Gasteiger partial charge in [0.2, 0.25) is 5.91 Å². The molecule has 25 heavy (non-hydrogen) atoms. The molecule has 2 aliphatic heterocycles. The summed E-state index contributed by atoms with van der Waals surface area (Å²) < 4.78 is 5.76. The molecule has 0 aliphatic carbocycles. The molecule has 4 rings (SSSR count). The third-order valence-electron chi connectivity index (χ3n) is 4.63. The van der Waals surface area contributed by atoms with Gasteiger partial charge in [0.15, 0.2) is 0 Å². The van der Waals surface area contributed by atoms with Crippen LogP contribution < -0.4 is 19.9 Å². The number of ether oxygens (including phenoxy) is 1. The Kier molecular flexibility index (Phi) is 4.40. The van der Waals surface area contributed by atoms with Crippen molar-refractivity contribution in [3.05, 3.63) is 53.1 Å². The van der Waals surface area contributed by atoms with Gasteiger partial charge in [-0.25, -0.2) is 0 Å². The first-order valence-electron chi connectivity index (χ1n) is 8.47. The van der Waals surface area contributed by atoms with Crippen LogP contribution in [0.1, 0.15) is 5.56 Å². The number of carbonyl (C=O) groups excluding carboxylic acids is 1. The first-order chi connectivity index (χ1) is 12.2. The lowest BCUT2D eigenvalue weighted by molar-refractivity contribution is -0.119. The molecule has 0 saturated heterocycles. The molecule has 2 aliphatic rings. The van der Waals surface area contributed by atoms with E-state index in [1.807, 2.05) is 36.4 Å². The van der Waals surface area contributed by atoms with Gasteiger partial charge in [-0.15, -0.1) is 0 Å². The number of nitrogens with one attached hydrogen (secondary N) is 1. The molecule has 0 fully saturated rings. The maximum atomic E-state index is 12.4. The molecule has 130 valence electrons. The monoisotopic (exact) mass is 357 g/mol. The van der Waals surface area contributed by atoms with Gasteiger partial charge in [-0.1, -0.05) is 29.8 Å². The number of nitrogens with zero attached hydrogens (tertiary/aromatic N) is 2. The van der Waals surface area contributed by atoms with E-state index in [1.54, 1.807) is 0 Å². The van der Waals surface area contributed by atoms with E-state index >= 15 is 0 Å². The molecule has 5 nitrogen and oxygen atoms in total. The Balaban J connectivity index is 1.42. The van der Waals surface area contributed by atoms with Gasteiger partial charge in [0.25, 0.3) is 0 Å². The quantitative estimate of drug-likeness (QED) is 0.913. The van der Waals surface area contributed by atoms with Crippen LogP contribution in [0.4, 0.5) is 11.4 Å². The molecule has 2 aromatic rings. The number of hydrogen-bond donors (Lipinski definition) is 1. The number of amides is 1. The molecule has 0 spiro atoms. The topological polar surface area (TPSA) is 44.8 Å². The van der Waals surface area contributed by atoms with Crippen molar-refractivity contribution in [2.24, 2.45) is 0 Å². The summed E-state index contributed by atoms with van der Waals surface area (Å²) in [5.41, 5.74) is 3.23. The van der Waals surface area contributed by atoms with E-state index in [0.29, 0.717) is 18.1 Å². The summed E-state index contributed by atoms with van der Waals surface area (Å²) >= 11 is 5.88. The van der Waals surface area contributed by atoms with Crippen molar-refractivity contribution < 1.29 is 9.53 Å².